The number of ether oxygens (including phenoxy) is 4. The van der Waals surface area contributed by atoms with Gasteiger partial charge >= 0.3 is 0 Å². The Hall–Kier alpha value is -7.32. The number of anilines is 8. The maximum Gasteiger partial charge on any atom is 0.127 e. The molecule has 1 heterocycles. The minimum absolute atomic E-state index is 0.193. The number of unbranched alkanes of at least 4 members (excludes halogenated alkanes) is 1. The molecule has 7 nitrogen and oxygen atoms in total. The van der Waals surface area contributed by atoms with Crippen LogP contribution in [-0.4, -0.2) is 40.1 Å². The minimum atomic E-state index is 0.193. The van der Waals surface area contributed by atoms with Gasteiger partial charge in [0.1, 0.15) is 17.2 Å². The van der Waals surface area contributed by atoms with Crippen molar-refractivity contribution in [3.05, 3.63) is 212 Å². The van der Waals surface area contributed by atoms with Crippen LogP contribution in [0, 0.1) is 5.41 Å². The fraction of sp³-hybridized carbons (Fsp3) is 0.172. The molecule has 0 bridgehead atoms. The summed E-state index contributed by atoms with van der Waals surface area (Å²) in [7, 11) is 2.06. The number of nitrogens with zero attached hydrogens (tertiary/aromatic N) is 3. The fourth-order valence-corrected chi connectivity index (χ4v) is 8.05. The Bertz CT molecular complexity index is 2650. The third-order valence-electron chi connectivity index (χ3n) is 11.7. The Morgan fingerprint density at radius 2 is 0.846 bits per heavy atom. The van der Waals surface area contributed by atoms with Crippen LogP contribution in [-0.2, 0) is 9.47 Å². The molecule has 326 valence electrons. The molecule has 1 aliphatic rings. The highest BCUT2D eigenvalue weighted by atomic mass is 16.5. The molecule has 65 heavy (non-hydrogen) atoms. The first-order valence-corrected chi connectivity index (χ1v) is 22.4. The maximum absolute atomic E-state index is 6.35. The average Bonchev–Trinajstić information content (AvgIpc) is 3.35. The molecule has 8 aromatic carbocycles. The summed E-state index contributed by atoms with van der Waals surface area (Å²) in [6, 6.07) is 73.7. The van der Waals surface area contributed by atoms with Gasteiger partial charge in [-0.1, -0.05) is 91.9 Å². The lowest BCUT2D eigenvalue weighted by molar-refractivity contribution is -0.138. The summed E-state index contributed by atoms with van der Waals surface area (Å²) in [5, 5.41) is 0. The van der Waals surface area contributed by atoms with Crippen molar-refractivity contribution in [2.24, 2.45) is 5.41 Å². The average molecular weight is 858 g/mol. The molecular weight excluding hydrogens is 803 g/mol. The van der Waals surface area contributed by atoms with E-state index in [-0.39, 0.29) is 5.41 Å². The molecule has 9 rings (SSSR count). The first kappa shape index (κ1) is 43.0. The van der Waals surface area contributed by atoms with Crippen molar-refractivity contribution in [2.75, 3.05) is 54.8 Å². The van der Waals surface area contributed by atoms with Gasteiger partial charge in [0, 0.05) is 70.6 Å². The Morgan fingerprint density at radius 3 is 1.31 bits per heavy atom. The quantitative estimate of drug-likeness (QED) is 0.0751. The van der Waals surface area contributed by atoms with E-state index in [1.54, 1.807) is 0 Å². The smallest absolute Gasteiger partial charge is 0.127 e. The van der Waals surface area contributed by atoms with E-state index >= 15 is 0 Å². The van der Waals surface area contributed by atoms with E-state index in [4.69, 9.17) is 18.9 Å². The minimum Gasteiger partial charge on any atom is -0.494 e. The summed E-state index contributed by atoms with van der Waals surface area (Å²) in [6.07, 6.45) is 1.91. The molecule has 1 aliphatic heterocycles. The summed E-state index contributed by atoms with van der Waals surface area (Å²) in [5.41, 5.74) is 11.1. The topological polar surface area (TPSA) is 46.6 Å². The fourth-order valence-electron chi connectivity index (χ4n) is 8.05. The third kappa shape index (κ3) is 10.7. The Kier molecular flexibility index (Phi) is 13.5. The number of para-hydroxylation sites is 3. The van der Waals surface area contributed by atoms with E-state index < -0.39 is 0 Å². The van der Waals surface area contributed by atoms with Crippen LogP contribution in [0.5, 0.6) is 17.2 Å². The van der Waals surface area contributed by atoms with Crippen LogP contribution in [0.1, 0.15) is 19.8 Å². The molecule has 7 heteroatoms. The van der Waals surface area contributed by atoms with Crippen molar-refractivity contribution >= 4 is 45.5 Å². The Morgan fingerprint density at radius 1 is 0.431 bits per heavy atom. The van der Waals surface area contributed by atoms with E-state index in [0.29, 0.717) is 6.61 Å². The summed E-state index contributed by atoms with van der Waals surface area (Å²) in [5.74, 6) is 2.39. The number of rotatable bonds is 19. The molecule has 0 N–H and O–H groups in total. The van der Waals surface area contributed by atoms with Crippen molar-refractivity contribution in [3.8, 4) is 28.4 Å². The monoisotopic (exact) mass is 857 g/mol. The van der Waals surface area contributed by atoms with Gasteiger partial charge in [-0.2, -0.15) is 0 Å². The normalized spacial score (nSPS) is 12.8. The van der Waals surface area contributed by atoms with Crippen LogP contribution >= 0.6 is 0 Å². The summed E-state index contributed by atoms with van der Waals surface area (Å²) in [6.45, 7) is 5.97. The maximum atomic E-state index is 6.35. The Labute approximate surface area is 383 Å². The molecule has 8 aromatic rings. The molecule has 0 spiro atoms. The second-order valence-electron chi connectivity index (χ2n) is 16.8. The molecular formula is C58H55N3O4. The number of hydrogen-bond donors (Lipinski definition) is 0. The zero-order valence-electron chi connectivity index (χ0n) is 37.1. The van der Waals surface area contributed by atoms with Gasteiger partial charge in [0.05, 0.1) is 26.4 Å². The van der Waals surface area contributed by atoms with Gasteiger partial charge in [-0.05, 0) is 145 Å². The second kappa shape index (κ2) is 20.5. The van der Waals surface area contributed by atoms with E-state index in [1.165, 1.54) is 0 Å². The first-order valence-electron chi connectivity index (χ1n) is 22.4. The van der Waals surface area contributed by atoms with E-state index in [2.05, 4.69) is 199 Å². The molecule has 1 fully saturated rings. The van der Waals surface area contributed by atoms with Crippen LogP contribution in [0.3, 0.4) is 0 Å². The van der Waals surface area contributed by atoms with Crippen molar-refractivity contribution < 1.29 is 18.9 Å². The number of hydrogen-bond acceptors (Lipinski definition) is 7. The van der Waals surface area contributed by atoms with Gasteiger partial charge in [-0.3, -0.25) is 0 Å². The first-order chi connectivity index (χ1) is 32.0. The lowest BCUT2D eigenvalue weighted by Gasteiger charge is -2.37. The van der Waals surface area contributed by atoms with Crippen LogP contribution in [0.25, 0.3) is 11.1 Å². The lowest BCUT2D eigenvalue weighted by Crippen LogP contribution is -2.43. The van der Waals surface area contributed by atoms with Crippen LogP contribution in [0.15, 0.2) is 212 Å². The summed E-state index contributed by atoms with van der Waals surface area (Å²) < 4.78 is 23.6. The zero-order chi connectivity index (χ0) is 44.3. The summed E-state index contributed by atoms with van der Waals surface area (Å²) >= 11 is 0. The SMILES string of the molecule is CN(c1ccc(Oc2ccc(N(c3ccccc3)c3ccc(-c4ccc(N(c5ccccc5)c5ccccc5)cc4)cc3)cc2)cc1)c1cccc(OCCCCOCC2(C)COC2)c1. The van der Waals surface area contributed by atoms with Crippen molar-refractivity contribution in [3.63, 3.8) is 0 Å². The van der Waals surface area contributed by atoms with Gasteiger partial charge in [-0.25, -0.2) is 0 Å². The van der Waals surface area contributed by atoms with Crippen LogP contribution in [0.4, 0.5) is 45.5 Å². The van der Waals surface area contributed by atoms with E-state index in [9.17, 15) is 0 Å². The van der Waals surface area contributed by atoms with E-state index in [0.717, 1.165) is 113 Å². The van der Waals surface area contributed by atoms with Gasteiger partial charge < -0.3 is 33.6 Å². The third-order valence-corrected chi connectivity index (χ3v) is 11.7. The van der Waals surface area contributed by atoms with Crippen molar-refractivity contribution in [1.29, 1.82) is 0 Å². The van der Waals surface area contributed by atoms with Gasteiger partial charge in [0.15, 0.2) is 0 Å². The predicted octanol–water partition coefficient (Wildman–Crippen LogP) is 15.1. The van der Waals surface area contributed by atoms with Gasteiger partial charge in [-0.15, -0.1) is 0 Å². The van der Waals surface area contributed by atoms with Crippen molar-refractivity contribution in [2.45, 2.75) is 19.8 Å². The lowest BCUT2D eigenvalue weighted by atomic mass is 9.90. The predicted molar refractivity (Wildman–Crippen MR) is 267 cm³/mol. The van der Waals surface area contributed by atoms with Crippen LogP contribution < -0.4 is 24.2 Å². The van der Waals surface area contributed by atoms with E-state index in [1.807, 2.05) is 42.5 Å². The second-order valence-corrected chi connectivity index (χ2v) is 16.8. The molecule has 0 unspecified atom stereocenters. The molecule has 0 radical (unpaired) electrons. The Balaban J connectivity index is 0.827. The highest BCUT2D eigenvalue weighted by molar-refractivity contribution is 5.81. The highest BCUT2D eigenvalue weighted by Gasteiger charge is 2.33. The molecule has 0 aliphatic carbocycles. The molecule has 0 atom stereocenters. The highest BCUT2D eigenvalue weighted by Crippen LogP contribution is 2.39. The van der Waals surface area contributed by atoms with Gasteiger partial charge in [0.25, 0.3) is 0 Å². The van der Waals surface area contributed by atoms with Crippen LogP contribution in [0.2, 0.25) is 0 Å². The summed E-state index contributed by atoms with van der Waals surface area (Å²) in [4.78, 5) is 6.70. The molecule has 1 saturated heterocycles. The zero-order valence-corrected chi connectivity index (χ0v) is 37.1. The number of benzene rings is 8. The largest absolute Gasteiger partial charge is 0.494 e. The van der Waals surface area contributed by atoms with Crippen molar-refractivity contribution in [1.82, 2.24) is 0 Å². The van der Waals surface area contributed by atoms with Gasteiger partial charge in [0.2, 0.25) is 0 Å². The standard InChI is InChI=1S/C58H55N3O4/c1-58(43-63-44-58)42-62-39-12-13-40-64-57-22-14-21-54(41-57)59(2)47-31-35-55(36-32-47)65-56-37-33-53(34-38-56)61(50-19-10-5-11-20-50)52-29-25-46(26-30-52)45-23-27-51(28-24-45)60(48-15-6-3-7-16-48)49-17-8-4-9-18-49/h3-11,14-38,41H,12-13,39-40,42-44H2,1-2H3. The molecule has 0 saturated carbocycles. The molecule has 0 amide bonds. The molecule has 0 aromatic heterocycles.